The molecule has 0 bridgehead atoms. The van der Waals surface area contributed by atoms with Gasteiger partial charge in [0.15, 0.2) is 0 Å². The Labute approximate surface area is 181 Å². The van der Waals surface area contributed by atoms with Gasteiger partial charge in [-0.3, -0.25) is 14.5 Å². The van der Waals surface area contributed by atoms with E-state index in [-0.39, 0.29) is 11.8 Å². The van der Waals surface area contributed by atoms with Crippen molar-refractivity contribution in [1.29, 1.82) is 0 Å². The first kappa shape index (κ1) is 21.4. The molecule has 164 valence electrons. The molecule has 3 fully saturated rings. The minimum atomic E-state index is 0.104. The van der Waals surface area contributed by atoms with Gasteiger partial charge in [-0.05, 0) is 57.1 Å². The number of hydrogen-bond acceptors (Lipinski definition) is 3. The highest BCUT2D eigenvalue weighted by atomic mass is 16.2. The van der Waals surface area contributed by atoms with Crippen LogP contribution in [0.1, 0.15) is 56.9 Å². The Bertz CT molecular complexity index is 694. The van der Waals surface area contributed by atoms with E-state index in [1.54, 1.807) is 0 Å². The van der Waals surface area contributed by atoms with Gasteiger partial charge < -0.3 is 10.2 Å². The van der Waals surface area contributed by atoms with E-state index in [0.717, 1.165) is 71.1 Å². The zero-order chi connectivity index (χ0) is 20.8. The molecule has 0 aromatic heterocycles. The molecule has 1 aromatic rings. The largest absolute Gasteiger partial charge is 0.355 e. The van der Waals surface area contributed by atoms with E-state index in [9.17, 15) is 9.59 Å². The fourth-order valence-corrected chi connectivity index (χ4v) is 5.55. The molecule has 4 rings (SSSR count). The number of carbonyl (C=O) groups excluding carboxylic acids is 2. The lowest BCUT2D eigenvalue weighted by Gasteiger charge is -2.42. The van der Waals surface area contributed by atoms with Gasteiger partial charge in [0.05, 0.1) is 5.92 Å². The first-order valence-electron chi connectivity index (χ1n) is 12.0. The van der Waals surface area contributed by atoms with Crippen molar-refractivity contribution in [3.8, 4) is 0 Å². The lowest BCUT2D eigenvalue weighted by Crippen LogP contribution is -2.52. The molecule has 1 atom stereocenters. The Morgan fingerprint density at radius 2 is 1.57 bits per heavy atom. The van der Waals surface area contributed by atoms with Crippen LogP contribution in [0.3, 0.4) is 0 Å². The summed E-state index contributed by atoms with van der Waals surface area (Å²) in [5.41, 5.74) is 1.27. The lowest BCUT2D eigenvalue weighted by molar-refractivity contribution is -0.137. The summed E-state index contributed by atoms with van der Waals surface area (Å²) in [5, 5.41) is 3.16. The van der Waals surface area contributed by atoms with Crippen LogP contribution < -0.4 is 5.32 Å². The average Bonchev–Trinajstić information content (AvgIpc) is 3.34. The Morgan fingerprint density at radius 1 is 0.867 bits per heavy atom. The molecule has 5 heteroatoms. The number of piperidine rings is 2. The Hall–Kier alpha value is -1.88. The van der Waals surface area contributed by atoms with Crippen molar-refractivity contribution in [2.45, 2.75) is 63.8 Å². The highest BCUT2D eigenvalue weighted by Crippen LogP contribution is 2.29. The van der Waals surface area contributed by atoms with Crippen molar-refractivity contribution >= 4 is 11.8 Å². The third kappa shape index (κ3) is 5.42. The van der Waals surface area contributed by atoms with Gasteiger partial charge in [-0.1, -0.05) is 43.2 Å². The zero-order valence-corrected chi connectivity index (χ0v) is 18.2. The lowest BCUT2D eigenvalue weighted by atomic mass is 9.93. The molecular weight excluding hydrogens is 374 g/mol. The summed E-state index contributed by atoms with van der Waals surface area (Å²) >= 11 is 0. The molecule has 2 aliphatic heterocycles. The minimum Gasteiger partial charge on any atom is -0.355 e. The fraction of sp³-hybridized carbons (Fsp3) is 0.680. The number of nitrogens with one attached hydrogen (secondary N) is 1. The third-order valence-electron chi connectivity index (χ3n) is 7.38. The van der Waals surface area contributed by atoms with Crippen LogP contribution >= 0.6 is 0 Å². The molecule has 3 aliphatic rings. The molecule has 0 unspecified atom stereocenters. The van der Waals surface area contributed by atoms with Gasteiger partial charge in [-0.2, -0.15) is 0 Å². The second kappa shape index (κ2) is 10.4. The topological polar surface area (TPSA) is 52.7 Å². The van der Waals surface area contributed by atoms with E-state index in [0.29, 0.717) is 24.4 Å². The predicted molar refractivity (Wildman–Crippen MR) is 119 cm³/mol. The Morgan fingerprint density at radius 3 is 2.30 bits per heavy atom. The molecular formula is C25H37N3O2. The van der Waals surface area contributed by atoms with Gasteiger partial charge in [0, 0.05) is 38.1 Å². The van der Waals surface area contributed by atoms with Gasteiger partial charge in [-0.25, -0.2) is 0 Å². The maximum atomic E-state index is 12.7. The van der Waals surface area contributed by atoms with E-state index in [2.05, 4.69) is 27.2 Å². The summed E-state index contributed by atoms with van der Waals surface area (Å²) in [4.78, 5) is 30.0. The van der Waals surface area contributed by atoms with Crippen LogP contribution in [-0.4, -0.2) is 60.4 Å². The smallest absolute Gasteiger partial charge is 0.225 e. The number of hydrogen-bond donors (Lipinski definition) is 1. The van der Waals surface area contributed by atoms with Gasteiger partial charge in [0.25, 0.3) is 0 Å². The van der Waals surface area contributed by atoms with E-state index in [4.69, 9.17) is 0 Å². The first-order valence-corrected chi connectivity index (χ1v) is 12.0. The molecule has 2 saturated heterocycles. The SMILES string of the molecule is O=C(NCCc1ccccc1)[C@@H]1CCCN(C2CCN(C(=O)C3CCCC3)CC2)C1. The minimum absolute atomic E-state index is 0.104. The molecule has 0 spiro atoms. The van der Waals surface area contributed by atoms with Crippen LogP contribution in [-0.2, 0) is 16.0 Å². The summed E-state index contributed by atoms with van der Waals surface area (Å²) in [5.74, 6) is 1.01. The molecule has 5 nitrogen and oxygen atoms in total. The second-order valence-corrected chi connectivity index (χ2v) is 9.40. The van der Waals surface area contributed by atoms with Crippen molar-refractivity contribution in [1.82, 2.24) is 15.1 Å². The third-order valence-corrected chi connectivity index (χ3v) is 7.38. The van der Waals surface area contributed by atoms with E-state index in [1.807, 2.05) is 18.2 Å². The molecule has 1 aliphatic carbocycles. The summed E-state index contributed by atoms with van der Waals surface area (Å²) in [6, 6.07) is 10.9. The maximum absolute atomic E-state index is 12.7. The normalized spacial score (nSPS) is 24.1. The number of nitrogens with zero attached hydrogens (tertiary/aromatic N) is 2. The van der Waals surface area contributed by atoms with Crippen molar-refractivity contribution in [2.75, 3.05) is 32.7 Å². The van der Waals surface area contributed by atoms with Gasteiger partial charge in [-0.15, -0.1) is 0 Å². The van der Waals surface area contributed by atoms with E-state index < -0.39 is 0 Å². The summed E-state index contributed by atoms with van der Waals surface area (Å²) in [6.45, 7) is 4.46. The summed E-state index contributed by atoms with van der Waals surface area (Å²) in [6.07, 6.45) is 9.70. The first-order chi connectivity index (χ1) is 14.7. The van der Waals surface area contributed by atoms with Crippen molar-refractivity contribution < 1.29 is 9.59 Å². The number of amides is 2. The van der Waals surface area contributed by atoms with Crippen LogP contribution in [0.15, 0.2) is 30.3 Å². The number of carbonyl (C=O) groups is 2. The van der Waals surface area contributed by atoms with Crippen molar-refractivity contribution in [3.63, 3.8) is 0 Å². The van der Waals surface area contributed by atoms with Gasteiger partial charge >= 0.3 is 0 Å². The predicted octanol–water partition coefficient (Wildman–Crippen LogP) is 3.24. The van der Waals surface area contributed by atoms with E-state index >= 15 is 0 Å². The zero-order valence-electron chi connectivity index (χ0n) is 18.2. The molecule has 30 heavy (non-hydrogen) atoms. The average molecular weight is 412 g/mol. The standard InChI is InChI=1S/C25H37N3O2/c29-24(26-15-12-20-7-2-1-3-8-20)22-11-6-16-28(19-22)23-13-17-27(18-14-23)25(30)21-9-4-5-10-21/h1-3,7-8,21-23H,4-6,9-19H2,(H,26,29)/t22-/m1/s1. The molecule has 2 amide bonds. The summed E-state index contributed by atoms with van der Waals surface area (Å²) < 4.78 is 0. The number of likely N-dealkylation sites (tertiary alicyclic amines) is 2. The maximum Gasteiger partial charge on any atom is 0.225 e. The number of benzene rings is 1. The quantitative estimate of drug-likeness (QED) is 0.782. The van der Waals surface area contributed by atoms with Crippen LogP contribution in [0.4, 0.5) is 0 Å². The van der Waals surface area contributed by atoms with Crippen LogP contribution in [0.5, 0.6) is 0 Å². The Balaban J connectivity index is 1.20. The van der Waals surface area contributed by atoms with Gasteiger partial charge in [0.1, 0.15) is 0 Å². The van der Waals surface area contributed by atoms with Crippen molar-refractivity contribution in [2.24, 2.45) is 11.8 Å². The van der Waals surface area contributed by atoms with Crippen molar-refractivity contribution in [3.05, 3.63) is 35.9 Å². The Kier molecular flexibility index (Phi) is 7.42. The fourth-order valence-electron chi connectivity index (χ4n) is 5.55. The monoisotopic (exact) mass is 411 g/mol. The summed E-state index contributed by atoms with van der Waals surface area (Å²) in [7, 11) is 0. The molecule has 0 radical (unpaired) electrons. The second-order valence-electron chi connectivity index (χ2n) is 9.40. The van der Waals surface area contributed by atoms with Gasteiger partial charge in [0.2, 0.25) is 11.8 Å². The van der Waals surface area contributed by atoms with Crippen LogP contribution in [0, 0.1) is 11.8 Å². The van der Waals surface area contributed by atoms with Crippen LogP contribution in [0.2, 0.25) is 0 Å². The van der Waals surface area contributed by atoms with E-state index in [1.165, 1.54) is 18.4 Å². The highest BCUT2D eigenvalue weighted by Gasteiger charge is 2.34. The number of rotatable bonds is 6. The van der Waals surface area contributed by atoms with Crippen LogP contribution in [0.25, 0.3) is 0 Å². The molecule has 1 saturated carbocycles. The molecule has 1 N–H and O–H groups in total. The highest BCUT2D eigenvalue weighted by molar-refractivity contribution is 5.79. The molecule has 2 heterocycles. The molecule has 1 aromatic carbocycles.